The quantitative estimate of drug-likeness (QED) is 0.802. The first-order valence-electron chi connectivity index (χ1n) is 8.41. The molecule has 3 heteroatoms. The van der Waals surface area contributed by atoms with E-state index in [1.807, 2.05) is 11.6 Å². The van der Waals surface area contributed by atoms with Gasteiger partial charge in [0.15, 0.2) is 5.78 Å². The van der Waals surface area contributed by atoms with Crippen molar-refractivity contribution in [3.63, 3.8) is 0 Å². The number of hydrogen-bond acceptors (Lipinski definition) is 3. The average molecular weight is 323 g/mol. The minimum atomic E-state index is -0.289. The second kappa shape index (κ2) is 5.41. The van der Waals surface area contributed by atoms with Gasteiger partial charge in [-0.05, 0) is 24.3 Å². The van der Waals surface area contributed by atoms with E-state index >= 15 is 0 Å². The first kappa shape index (κ1) is 14.8. The van der Waals surface area contributed by atoms with E-state index in [0.717, 1.165) is 24.8 Å². The molecule has 0 aliphatic heterocycles. The van der Waals surface area contributed by atoms with Crippen molar-refractivity contribution in [2.24, 2.45) is 5.92 Å². The Kier molecular flexibility index (Phi) is 3.49. The van der Waals surface area contributed by atoms with E-state index in [2.05, 4.69) is 43.1 Å². The highest BCUT2D eigenvalue weighted by Crippen LogP contribution is 2.52. The molecule has 118 valence electrons. The zero-order chi connectivity index (χ0) is 16.0. The second-order valence-electron chi connectivity index (χ2n) is 6.85. The summed E-state index contributed by atoms with van der Waals surface area (Å²) in [4.78, 5) is 19.0. The van der Waals surface area contributed by atoms with Gasteiger partial charge in [0.2, 0.25) is 0 Å². The lowest BCUT2D eigenvalue weighted by Crippen LogP contribution is -2.40. The van der Waals surface area contributed by atoms with Crippen LogP contribution in [0.5, 0.6) is 0 Å². The summed E-state index contributed by atoms with van der Waals surface area (Å²) >= 11 is 1.71. The Morgan fingerprint density at radius 3 is 2.78 bits per heavy atom. The van der Waals surface area contributed by atoms with Crippen LogP contribution < -0.4 is 0 Å². The van der Waals surface area contributed by atoms with Crippen LogP contribution in [0.3, 0.4) is 0 Å². The highest BCUT2D eigenvalue weighted by molar-refractivity contribution is 7.10. The zero-order valence-corrected chi connectivity index (χ0v) is 14.5. The Balaban J connectivity index is 2.03. The molecule has 23 heavy (non-hydrogen) atoms. The summed E-state index contributed by atoms with van der Waals surface area (Å²) in [7, 11) is 0. The van der Waals surface area contributed by atoms with Gasteiger partial charge in [-0.3, -0.25) is 4.79 Å². The van der Waals surface area contributed by atoms with Crippen LogP contribution in [0.4, 0.5) is 0 Å². The third-order valence-corrected chi connectivity index (χ3v) is 6.43. The predicted octanol–water partition coefficient (Wildman–Crippen LogP) is 4.69. The predicted molar refractivity (Wildman–Crippen MR) is 93.8 cm³/mol. The van der Waals surface area contributed by atoms with Crippen molar-refractivity contribution < 1.29 is 4.79 Å². The van der Waals surface area contributed by atoms with E-state index < -0.39 is 0 Å². The summed E-state index contributed by atoms with van der Waals surface area (Å²) in [5.41, 5.74) is 6.50. The molecule has 1 aromatic carbocycles. The SMILES string of the molecule is CC[C@]1(c2ccccc2)C2=C(Cc3ncsc31)C[C@@H](C)CC2=O. The molecule has 0 saturated carbocycles. The standard InChI is InChI=1S/C20H21NOS/c1-3-20(15-7-5-4-6-8-15)18-14(9-13(2)10-17(18)22)11-16-19(20)23-12-21-16/h4-8,12-13H,3,9-11H2,1-2H3/t13-,20+/m1/s1. The fourth-order valence-electron chi connectivity index (χ4n) is 4.51. The van der Waals surface area contributed by atoms with Crippen LogP contribution >= 0.6 is 11.3 Å². The molecule has 4 rings (SSSR count). The maximum absolute atomic E-state index is 13.0. The molecule has 0 saturated heterocycles. The molecule has 2 aromatic rings. The van der Waals surface area contributed by atoms with Crippen LogP contribution in [0.2, 0.25) is 0 Å². The molecule has 0 unspecified atom stereocenters. The van der Waals surface area contributed by atoms with E-state index in [0.29, 0.717) is 18.1 Å². The maximum atomic E-state index is 13.0. The third kappa shape index (κ3) is 2.06. The van der Waals surface area contributed by atoms with Gasteiger partial charge in [-0.2, -0.15) is 0 Å². The number of hydrogen-bond donors (Lipinski definition) is 0. The highest BCUT2D eigenvalue weighted by Gasteiger charge is 2.48. The molecule has 1 aromatic heterocycles. The lowest BCUT2D eigenvalue weighted by atomic mass is 9.61. The van der Waals surface area contributed by atoms with Gasteiger partial charge in [0.25, 0.3) is 0 Å². The number of aromatic nitrogens is 1. The largest absolute Gasteiger partial charge is 0.294 e. The molecule has 1 heterocycles. The van der Waals surface area contributed by atoms with Crippen molar-refractivity contribution in [1.29, 1.82) is 0 Å². The van der Waals surface area contributed by atoms with E-state index in [1.165, 1.54) is 21.7 Å². The number of rotatable bonds is 2. The first-order valence-corrected chi connectivity index (χ1v) is 9.28. The summed E-state index contributed by atoms with van der Waals surface area (Å²) < 4.78 is 0. The van der Waals surface area contributed by atoms with Crippen molar-refractivity contribution in [3.05, 3.63) is 63.1 Å². The number of Topliss-reactive ketones (excluding diaryl/α,β-unsaturated/α-hetero) is 1. The molecule has 2 nitrogen and oxygen atoms in total. The number of thiazole rings is 1. The number of carbonyl (C=O) groups excluding carboxylic acids is 1. The highest BCUT2D eigenvalue weighted by atomic mass is 32.1. The number of nitrogens with zero attached hydrogens (tertiary/aromatic N) is 1. The number of ketones is 1. The van der Waals surface area contributed by atoms with E-state index in [9.17, 15) is 4.79 Å². The van der Waals surface area contributed by atoms with Gasteiger partial charge < -0.3 is 0 Å². The Hall–Kier alpha value is -1.74. The van der Waals surface area contributed by atoms with Crippen LogP contribution in [0, 0.1) is 5.92 Å². The lowest BCUT2D eigenvalue weighted by Gasteiger charge is -2.42. The third-order valence-electron chi connectivity index (χ3n) is 5.39. The maximum Gasteiger partial charge on any atom is 0.160 e. The smallest absolute Gasteiger partial charge is 0.160 e. The second-order valence-corrected chi connectivity index (χ2v) is 7.70. The van der Waals surface area contributed by atoms with Crippen LogP contribution in [0.15, 0.2) is 47.0 Å². The minimum absolute atomic E-state index is 0.289. The number of fused-ring (bicyclic) bond motifs is 1. The Bertz CT molecular complexity index is 789. The van der Waals surface area contributed by atoms with E-state index in [1.54, 1.807) is 11.3 Å². The van der Waals surface area contributed by atoms with E-state index in [4.69, 9.17) is 0 Å². The Labute approximate surface area is 141 Å². The van der Waals surface area contributed by atoms with Gasteiger partial charge >= 0.3 is 0 Å². The van der Waals surface area contributed by atoms with Gasteiger partial charge in [-0.25, -0.2) is 4.98 Å². The number of benzene rings is 1. The molecule has 2 aliphatic rings. The number of allylic oxidation sites excluding steroid dienone is 2. The summed E-state index contributed by atoms with van der Waals surface area (Å²) in [5.74, 6) is 0.801. The molecule has 0 amide bonds. The summed E-state index contributed by atoms with van der Waals surface area (Å²) in [6.07, 6.45) is 3.48. The normalized spacial score (nSPS) is 26.9. The Morgan fingerprint density at radius 1 is 1.26 bits per heavy atom. The van der Waals surface area contributed by atoms with Gasteiger partial charge in [0.05, 0.1) is 16.6 Å². The zero-order valence-electron chi connectivity index (χ0n) is 13.6. The van der Waals surface area contributed by atoms with Crippen molar-refractivity contribution in [2.75, 3.05) is 0 Å². The van der Waals surface area contributed by atoms with Crippen molar-refractivity contribution in [1.82, 2.24) is 4.98 Å². The van der Waals surface area contributed by atoms with Crippen LogP contribution in [-0.4, -0.2) is 10.8 Å². The molecule has 2 atom stereocenters. The molecule has 0 spiro atoms. The average Bonchev–Trinajstić information content (AvgIpc) is 3.02. The van der Waals surface area contributed by atoms with Crippen molar-refractivity contribution in [3.8, 4) is 0 Å². The van der Waals surface area contributed by atoms with E-state index in [-0.39, 0.29) is 5.41 Å². The fraction of sp³-hybridized carbons (Fsp3) is 0.400. The van der Waals surface area contributed by atoms with Crippen LogP contribution in [-0.2, 0) is 16.6 Å². The summed E-state index contributed by atoms with van der Waals surface area (Å²) in [6, 6.07) is 10.6. The van der Waals surface area contributed by atoms with Gasteiger partial charge in [0, 0.05) is 23.3 Å². The van der Waals surface area contributed by atoms with Crippen LogP contribution in [0.1, 0.15) is 49.2 Å². The molecule has 0 N–H and O–H groups in total. The molecule has 0 fully saturated rings. The monoisotopic (exact) mass is 323 g/mol. The minimum Gasteiger partial charge on any atom is -0.294 e. The molecule has 0 radical (unpaired) electrons. The summed E-state index contributed by atoms with van der Waals surface area (Å²) in [5, 5.41) is 0. The number of carbonyl (C=O) groups is 1. The topological polar surface area (TPSA) is 30.0 Å². The van der Waals surface area contributed by atoms with Crippen molar-refractivity contribution in [2.45, 2.75) is 44.9 Å². The molecular formula is C20H21NOS. The van der Waals surface area contributed by atoms with Gasteiger partial charge in [-0.15, -0.1) is 11.3 Å². The molecular weight excluding hydrogens is 302 g/mol. The van der Waals surface area contributed by atoms with Gasteiger partial charge in [0.1, 0.15) is 0 Å². The molecule has 0 bridgehead atoms. The lowest BCUT2D eigenvalue weighted by molar-refractivity contribution is -0.117. The Morgan fingerprint density at radius 2 is 2.04 bits per heavy atom. The molecule has 2 aliphatic carbocycles. The van der Waals surface area contributed by atoms with Crippen molar-refractivity contribution >= 4 is 17.1 Å². The van der Waals surface area contributed by atoms with Gasteiger partial charge in [-0.1, -0.05) is 49.8 Å². The fourth-order valence-corrected chi connectivity index (χ4v) is 5.62. The van der Waals surface area contributed by atoms with Crippen LogP contribution in [0.25, 0.3) is 0 Å². The summed E-state index contributed by atoms with van der Waals surface area (Å²) in [6.45, 7) is 4.39. The first-order chi connectivity index (χ1) is 11.2.